The average Bonchev–Trinajstić information content (AvgIpc) is 3.18. The third-order valence-electron chi connectivity index (χ3n) is 5.42. The molecule has 7 heteroatoms. The number of hydrogen-bond acceptors (Lipinski definition) is 6. The summed E-state index contributed by atoms with van der Waals surface area (Å²) >= 11 is 0. The van der Waals surface area contributed by atoms with Crippen LogP contribution in [-0.2, 0) is 4.74 Å². The van der Waals surface area contributed by atoms with Gasteiger partial charge in [0.2, 0.25) is 0 Å². The van der Waals surface area contributed by atoms with Gasteiger partial charge in [-0.05, 0) is 53.4 Å². The predicted molar refractivity (Wildman–Crippen MR) is 128 cm³/mol. The lowest BCUT2D eigenvalue weighted by molar-refractivity contribution is 0.0594. The van der Waals surface area contributed by atoms with Crippen molar-refractivity contribution in [2.45, 2.75) is 19.8 Å². The second-order valence-electron chi connectivity index (χ2n) is 8.23. The van der Waals surface area contributed by atoms with Crippen LogP contribution in [0, 0.1) is 0 Å². The Kier molecular flexibility index (Phi) is 5.57. The minimum absolute atomic E-state index is 0.147. The Morgan fingerprint density at radius 1 is 1.09 bits per heavy atom. The minimum Gasteiger partial charge on any atom is -0.464 e. The summed E-state index contributed by atoms with van der Waals surface area (Å²) in [5.74, 6) is -0.349. The van der Waals surface area contributed by atoms with Crippen LogP contribution in [0.5, 0.6) is 0 Å². The average molecular weight is 430 g/mol. The van der Waals surface area contributed by atoms with Crippen molar-refractivity contribution in [2.75, 3.05) is 31.8 Å². The molecule has 0 saturated carbocycles. The molecule has 164 valence electrons. The lowest BCUT2D eigenvalue weighted by atomic mass is 9.97. The molecule has 32 heavy (non-hydrogen) atoms. The molecule has 2 aromatic carbocycles. The lowest BCUT2D eigenvalue weighted by Gasteiger charge is -2.14. The summed E-state index contributed by atoms with van der Waals surface area (Å²) in [5, 5.41) is 5.86. The fourth-order valence-electron chi connectivity index (χ4n) is 3.73. The topological polar surface area (TPSA) is 86.3 Å². The van der Waals surface area contributed by atoms with Gasteiger partial charge in [-0.15, -0.1) is 0 Å². The van der Waals surface area contributed by atoms with Crippen LogP contribution in [0.15, 0.2) is 54.6 Å². The van der Waals surface area contributed by atoms with Crippen LogP contribution < -0.4 is 10.6 Å². The number of rotatable bonds is 5. The number of carbonyl (C=O) groups excluding carboxylic acids is 1. The van der Waals surface area contributed by atoms with Gasteiger partial charge in [-0.25, -0.2) is 14.5 Å². The number of benzene rings is 2. The first kappa shape index (κ1) is 21.4. The van der Waals surface area contributed by atoms with Gasteiger partial charge in [0, 0.05) is 25.5 Å². The standard InChI is InChI=1S/C25H27N5O2/c1-15(2)23-22-20(16-9-11-17(26)12-10-16)14-21(25(31)32-5)27-24(22)30(28-23)19-8-6-7-18(13-19)29(3)4/h6-15H,26H2,1-5H3. The molecule has 0 aliphatic heterocycles. The monoisotopic (exact) mass is 429 g/mol. The maximum absolute atomic E-state index is 12.5. The zero-order valence-electron chi connectivity index (χ0n) is 19.0. The van der Waals surface area contributed by atoms with E-state index in [-0.39, 0.29) is 11.6 Å². The number of aromatic nitrogens is 3. The van der Waals surface area contributed by atoms with Crippen LogP contribution in [0.1, 0.15) is 35.9 Å². The van der Waals surface area contributed by atoms with E-state index in [1.807, 2.05) is 72.2 Å². The molecule has 2 heterocycles. The van der Waals surface area contributed by atoms with E-state index < -0.39 is 5.97 Å². The number of nitrogens with two attached hydrogens (primary N) is 1. The van der Waals surface area contributed by atoms with E-state index in [2.05, 4.69) is 13.8 Å². The van der Waals surface area contributed by atoms with Gasteiger partial charge in [0.15, 0.2) is 11.3 Å². The van der Waals surface area contributed by atoms with Crippen LogP contribution in [0.4, 0.5) is 11.4 Å². The number of fused-ring (bicyclic) bond motifs is 1. The van der Waals surface area contributed by atoms with E-state index in [1.165, 1.54) is 7.11 Å². The molecule has 2 aromatic heterocycles. The molecule has 0 saturated heterocycles. The first-order valence-electron chi connectivity index (χ1n) is 10.5. The number of anilines is 2. The number of esters is 1. The van der Waals surface area contributed by atoms with Gasteiger partial charge in [-0.3, -0.25) is 0 Å². The molecule has 4 aromatic rings. The predicted octanol–water partition coefficient (Wildman–Crippen LogP) is 4.65. The molecular formula is C25H27N5O2. The fourth-order valence-corrected chi connectivity index (χ4v) is 3.73. The summed E-state index contributed by atoms with van der Waals surface area (Å²) in [6.07, 6.45) is 0. The van der Waals surface area contributed by atoms with Crippen LogP contribution in [-0.4, -0.2) is 41.9 Å². The summed E-state index contributed by atoms with van der Waals surface area (Å²) in [6, 6.07) is 17.4. The highest BCUT2D eigenvalue weighted by Gasteiger charge is 2.23. The molecule has 7 nitrogen and oxygen atoms in total. The third kappa shape index (κ3) is 3.77. The first-order valence-corrected chi connectivity index (χ1v) is 10.5. The van der Waals surface area contributed by atoms with E-state index >= 15 is 0 Å². The van der Waals surface area contributed by atoms with Crippen molar-refractivity contribution in [3.8, 4) is 16.8 Å². The van der Waals surface area contributed by atoms with E-state index in [1.54, 1.807) is 6.07 Å². The number of nitrogens with zero attached hydrogens (tertiary/aromatic N) is 4. The molecule has 0 atom stereocenters. The Morgan fingerprint density at radius 2 is 1.81 bits per heavy atom. The fraction of sp³-hybridized carbons (Fsp3) is 0.240. The van der Waals surface area contributed by atoms with Gasteiger partial charge in [0.1, 0.15) is 0 Å². The van der Waals surface area contributed by atoms with Crippen molar-refractivity contribution in [1.29, 1.82) is 0 Å². The highest BCUT2D eigenvalue weighted by atomic mass is 16.5. The molecule has 0 fully saturated rings. The van der Waals surface area contributed by atoms with Crippen LogP contribution in [0.25, 0.3) is 27.8 Å². The van der Waals surface area contributed by atoms with Crippen molar-refractivity contribution in [2.24, 2.45) is 0 Å². The summed E-state index contributed by atoms with van der Waals surface area (Å²) in [7, 11) is 5.34. The molecule has 0 bridgehead atoms. The highest BCUT2D eigenvalue weighted by molar-refractivity contribution is 6.00. The second kappa shape index (κ2) is 8.34. The second-order valence-corrected chi connectivity index (χ2v) is 8.23. The normalized spacial score (nSPS) is 11.2. The smallest absolute Gasteiger partial charge is 0.356 e. The van der Waals surface area contributed by atoms with E-state index in [4.69, 9.17) is 20.6 Å². The Balaban J connectivity index is 2.09. The molecule has 0 unspecified atom stereocenters. The van der Waals surface area contributed by atoms with E-state index in [0.717, 1.165) is 33.6 Å². The van der Waals surface area contributed by atoms with Crippen molar-refractivity contribution >= 4 is 28.4 Å². The number of hydrogen-bond donors (Lipinski definition) is 1. The Labute approximate surface area is 187 Å². The Morgan fingerprint density at radius 3 is 2.44 bits per heavy atom. The molecule has 2 N–H and O–H groups in total. The first-order chi connectivity index (χ1) is 15.3. The van der Waals surface area contributed by atoms with Gasteiger partial charge < -0.3 is 15.4 Å². The number of nitrogen functional groups attached to an aromatic ring is 1. The molecule has 0 spiro atoms. The number of methoxy groups -OCH3 is 1. The summed E-state index contributed by atoms with van der Waals surface area (Å²) < 4.78 is 6.80. The largest absolute Gasteiger partial charge is 0.464 e. The molecular weight excluding hydrogens is 402 g/mol. The van der Waals surface area contributed by atoms with Crippen molar-refractivity contribution in [3.05, 3.63) is 66.0 Å². The lowest BCUT2D eigenvalue weighted by Crippen LogP contribution is -2.10. The van der Waals surface area contributed by atoms with Gasteiger partial charge in [0.25, 0.3) is 0 Å². The number of ether oxygens (including phenoxy) is 1. The number of carbonyl (C=O) groups is 1. The maximum Gasteiger partial charge on any atom is 0.356 e. The van der Waals surface area contributed by atoms with Crippen LogP contribution in [0.3, 0.4) is 0 Å². The third-order valence-corrected chi connectivity index (χ3v) is 5.42. The summed E-state index contributed by atoms with van der Waals surface area (Å²) in [5.41, 5.74) is 12.0. The van der Waals surface area contributed by atoms with Gasteiger partial charge in [0.05, 0.1) is 23.9 Å². The quantitative estimate of drug-likeness (QED) is 0.367. The molecule has 0 aliphatic rings. The highest BCUT2D eigenvalue weighted by Crippen LogP contribution is 2.36. The van der Waals surface area contributed by atoms with E-state index in [0.29, 0.717) is 11.3 Å². The van der Waals surface area contributed by atoms with Crippen molar-refractivity contribution < 1.29 is 9.53 Å². The molecule has 4 rings (SSSR count). The zero-order chi connectivity index (χ0) is 23.0. The summed E-state index contributed by atoms with van der Waals surface area (Å²) in [4.78, 5) is 19.2. The molecule has 0 radical (unpaired) electrons. The minimum atomic E-state index is -0.496. The van der Waals surface area contributed by atoms with Gasteiger partial charge >= 0.3 is 5.97 Å². The maximum atomic E-state index is 12.5. The Hall–Kier alpha value is -3.87. The van der Waals surface area contributed by atoms with Gasteiger partial charge in [-0.1, -0.05) is 32.0 Å². The van der Waals surface area contributed by atoms with Crippen LogP contribution >= 0.6 is 0 Å². The van der Waals surface area contributed by atoms with Crippen molar-refractivity contribution in [1.82, 2.24) is 14.8 Å². The summed E-state index contributed by atoms with van der Waals surface area (Å²) in [6.45, 7) is 4.20. The van der Waals surface area contributed by atoms with Crippen molar-refractivity contribution in [3.63, 3.8) is 0 Å². The van der Waals surface area contributed by atoms with Crippen LogP contribution in [0.2, 0.25) is 0 Å². The zero-order valence-corrected chi connectivity index (χ0v) is 19.0. The van der Waals surface area contributed by atoms with Gasteiger partial charge in [-0.2, -0.15) is 5.10 Å². The SMILES string of the molecule is COC(=O)c1cc(-c2ccc(N)cc2)c2c(C(C)C)nn(-c3cccc(N(C)C)c3)c2n1. The molecule has 0 amide bonds. The number of pyridine rings is 1. The molecule has 0 aliphatic carbocycles. The Bertz CT molecular complexity index is 1290. The van der Waals surface area contributed by atoms with E-state index in [9.17, 15) is 4.79 Å².